The van der Waals surface area contributed by atoms with E-state index in [1.807, 2.05) is 0 Å². The van der Waals surface area contributed by atoms with Gasteiger partial charge in [-0.3, -0.25) is 9.88 Å². The maximum Gasteiger partial charge on any atom is 0.0396 e. The second-order valence-electron chi connectivity index (χ2n) is 30.5. The van der Waals surface area contributed by atoms with Gasteiger partial charge in [-0.05, 0) is 245 Å². The second-order valence-corrected chi connectivity index (χ2v) is 30.5. The summed E-state index contributed by atoms with van der Waals surface area (Å²) in [5, 5.41) is 12.1. The molecule has 5 nitrogen and oxygen atoms in total. The highest BCUT2D eigenvalue weighted by molar-refractivity contribution is 5.86. The molecule has 0 aliphatic rings. The molecule has 0 unspecified atom stereocenters. The quantitative estimate of drug-likeness (QED) is 0.0456. The van der Waals surface area contributed by atoms with Crippen LogP contribution in [0.25, 0.3) is 44.5 Å². The molecule has 1 heterocycles. The van der Waals surface area contributed by atoms with Crippen molar-refractivity contribution in [2.75, 3.05) is 55.2 Å². The average molecular weight is 1210 g/mol. The van der Waals surface area contributed by atoms with Crippen LogP contribution in [0.3, 0.4) is 0 Å². The molecular formula is C85H121N5. The minimum Gasteiger partial charge on any atom is -0.384 e. The largest absolute Gasteiger partial charge is 0.384 e. The zero-order chi connectivity index (χ0) is 66.3. The van der Waals surface area contributed by atoms with Gasteiger partial charge >= 0.3 is 0 Å². The number of hydrogen-bond acceptors (Lipinski definition) is 5. The molecule has 6 aromatic carbocycles. The lowest BCUT2D eigenvalue weighted by atomic mass is 9.79. The van der Waals surface area contributed by atoms with Crippen molar-refractivity contribution in [2.45, 2.75) is 251 Å². The van der Waals surface area contributed by atoms with E-state index < -0.39 is 0 Å². The number of nitrogens with one attached hydrogen (secondary N) is 3. The predicted octanol–water partition coefficient (Wildman–Crippen LogP) is 24.8. The topological polar surface area (TPSA) is 52.2 Å². The Kier molecular flexibility index (Phi) is 24.5. The first kappa shape index (κ1) is 71.3. The third-order valence-corrected chi connectivity index (χ3v) is 18.9. The number of benzene rings is 6. The molecule has 0 bridgehead atoms. The van der Waals surface area contributed by atoms with Crippen LogP contribution in [0.1, 0.15) is 315 Å². The third-order valence-electron chi connectivity index (χ3n) is 18.9. The van der Waals surface area contributed by atoms with E-state index in [4.69, 9.17) is 4.98 Å². The SMILES string of the molecule is Cc1cc(NCCN(CCNc2cc(-c3c(C(C)C)cc(C(C)C)cc3C(C)C)cc(-c3c(C(C)C)cc(C(C)C)cc3C(C)C)c2)CCNc2cc(-c3c(C(C)C)cc(C(C)C)cc3C(C)C)cc(-c3c(C(C)C)cc(C(C)C)cc3C(C)C)c2)cc(C)n1. The Morgan fingerprint density at radius 3 is 0.622 bits per heavy atom. The van der Waals surface area contributed by atoms with Gasteiger partial charge in [-0.1, -0.05) is 215 Å². The summed E-state index contributed by atoms with van der Waals surface area (Å²) in [6.45, 7) is 66.0. The molecule has 0 saturated carbocycles. The summed E-state index contributed by atoms with van der Waals surface area (Å²) in [6, 6.07) is 39.5. The van der Waals surface area contributed by atoms with Crippen molar-refractivity contribution in [3.8, 4) is 44.5 Å². The van der Waals surface area contributed by atoms with Crippen LogP contribution in [-0.2, 0) is 0 Å². The molecule has 7 aromatic rings. The molecular weight excluding hydrogens is 1090 g/mol. The maximum atomic E-state index is 4.70. The van der Waals surface area contributed by atoms with E-state index >= 15 is 0 Å². The van der Waals surface area contributed by atoms with E-state index in [1.165, 1.54) is 123 Å². The number of aromatic nitrogens is 1. The van der Waals surface area contributed by atoms with Crippen molar-refractivity contribution < 1.29 is 0 Å². The summed E-state index contributed by atoms with van der Waals surface area (Å²) in [4.78, 5) is 7.35. The smallest absolute Gasteiger partial charge is 0.0396 e. The van der Waals surface area contributed by atoms with Crippen molar-refractivity contribution in [1.82, 2.24) is 9.88 Å². The van der Waals surface area contributed by atoms with E-state index in [0.717, 1.165) is 56.3 Å². The molecule has 90 heavy (non-hydrogen) atoms. The summed E-state index contributed by atoms with van der Waals surface area (Å²) in [5.74, 6) is 4.68. The van der Waals surface area contributed by atoms with Crippen LogP contribution in [0.15, 0.2) is 97.1 Å². The van der Waals surface area contributed by atoms with Crippen LogP contribution in [0.2, 0.25) is 0 Å². The Labute approximate surface area is 549 Å². The van der Waals surface area contributed by atoms with Gasteiger partial charge in [0.1, 0.15) is 0 Å². The van der Waals surface area contributed by atoms with E-state index in [-0.39, 0.29) is 0 Å². The number of pyridine rings is 1. The number of nitrogens with zero attached hydrogens (tertiary/aromatic N) is 2. The number of hydrogen-bond donors (Lipinski definition) is 3. The molecule has 0 spiro atoms. The lowest BCUT2D eigenvalue weighted by Gasteiger charge is -2.27. The molecule has 5 heteroatoms. The minimum atomic E-state index is 0.362. The van der Waals surface area contributed by atoms with Gasteiger partial charge in [0, 0.05) is 67.7 Å². The van der Waals surface area contributed by atoms with Gasteiger partial charge < -0.3 is 16.0 Å². The number of aryl methyl sites for hydroxylation is 2. The molecule has 0 saturated heterocycles. The van der Waals surface area contributed by atoms with Gasteiger partial charge in [0.2, 0.25) is 0 Å². The Morgan fingerprint density at radius 2 is 0.444 bits per heavy atom. The predicted molar refractivity (Wildman–Crippen MR) is 399 cm³/mol. The third kappa shape index (κ3) is 17.3. The van der Waals surface area contributed by atoms with Crippen molar-refractivity contribution in [3.63, 3.8) is 0 Å². The summed E-state index contributed by atoms with van der Waals surface area (Å²) in [6.07, 6.45) is 0. The van der Waals surface area contributed by atoms with Crippen LogP contribution in [0, 0.1) is 13.8 Å². The standard InChI is InChI=1S/C85H121N5/c1-49(2)63-41-74(53(9)10)82(75(42-63)54(11)12)67-35-68(83-76(55(13)14)43-64(50(3)4)44-77(83)56(15)16)38-72(37-67)87-28-31-90(30-27-86-71-33-61(25)89-62(26)34-71)32-29-88-73-39-69(84-78(57(17)18)45-65(51(5)6)46-79(84)58(19)20)36-70(40-73)85-80(59(21)22)47-66(52(7)8)48-81(85)60(23)24/h33-60,87-88H,27-32H2,1-26H3,(H,86,89). The second kappa shape index (κ2) is 31.0. The molecule has 0 aliphatic carbocycles. The number of anilines is 3. The van der Waals surface area contributed by atoms with Crippen molar-refractivity contribution >= 4 is 17.1 Å². The highest BCUT2D eigenvalue weighted by Crippen LogP contribution is 2.47. The fourth-order valence-electron chi connectivity index (χ4n) is 13.5. The van der Waals surface area contributed by atoms with E-state index in [9.17, 15) is 0 Å². The zero-order valence-corrected chi connectivity index (χ0v) is 61.3. The summed E-state index contributed by atoms with van der Waals surface area (Å²) >= 11 is 0. The lowest BCUT2D eigenvalue weighted by molar-refractivity contribution is 0.306. The Morgan fingerprint density at radius 1 is 0.256 bits per heavy atom. The average Bonchev–Trinajstić information content (AvgIpc) is 0.786. The van der Waals surface area contributed by atoms with Gasteiger partial charge in [-0.25, -0.2) is 0 Å². The molecule has 0 radical (unpaired) electrons. The molecule has 7 rings (SSSR count). The van der Waals surface area contributed by atoms with Gasteiger partial charge in [0.25, 0.3) is 0 Å². The zero-order valence-electron chi connectivity index (χ0n) is 61.3. The molecule has 0 fully saturated rings. The summed E-state index contributed by atoms with van der Waals surface area (Å²) < 4.78 is 0. The minimum absolute atomic E-state index is 0.362. The fourth-order valence-corrected chi connectivity index (χ4v) is 13.5. The molecule has 0 aliphatic heterocycles. The van der Waals surface area contributed by atoms with Crippen molar-refractivity contribution in [3.05, 3.63) is 175 Å². The highest BCUT2D eigenvalue weighted by Gasteiger charge is 2.26. The van der Waals surface area contributed by atoms with Gasteiger partial charge in [0.15, 0.2) is 0 Å². The summed E-state index contributed by atoms with van der Waals surface area (Å²) in [7, 11) is 0. The van der Waals surface area contributed by atoms with Gasteiger partial charge in [0.05, 0.1) is 0 Å². The number of rotatable bonds is 28. The van der Waals surface area contributed by atoms with Crippen LogP contribution in [-0.4, -0.2) is 49.2 Å². The first-order valence-electron chi connectivity index (χ1n) is 35.3. The Bertz CT molecular complexity index is 3010. The van der Waals surface area contributed by atoms with Crippen LogP contribution in [0.5, 0.6) is 0 Å². The van der Waals surface area contributed by atoms with Crippen molar-refractivity contribution in [1.29, 1.82) is 0 Å². The fraction of sp³-hybridized carbons (Fsp3) is 0.518. The molecule has 0 amide bonds. The van der Waals surface area contributed by atoms with Crippen LogP contribution < -0.4 is 16.0 Å². The Hall–Kier alpha value is -6.17. The highest BCUT2D eigenvalue weighted by atomic mass is 15.2. The summed E-state index contributed by atoms with van der Waals surface area (Å²) in [5.41, 5.74) is 33.6. The lowest BCUT2D eigenvalue weighted by Crippen LogP contribution is -2.36. The maximum absolute atomic E-state index is 4.70. The van der Waals surface area contributed by atoms with Gasteiger partial charge in [-0.2, -0.15) is 0 Å². The molecule has 3 N–H and O–H groups in total. The van der Waals surface area contributed by atoms with Crippen LogP contribution in [0.4, 0.5) is 17.1 Å². The van der Waals surface area contributed by atoms with Gasteiger partial charge in [-0.15, -0.1) is 0 Å². The normalized spacial score (nSPS) is 12.3. The molecule has 1 aromatic heterocycles. The first-order chi connectivity index (χ1) is 42.3. The Balaban J connectivity index is 1.34. The van der Waals surface area contributed by atoms with Crippen LogP contribution >= 0.6 is 0 Å². The van der Waals surface area contributed by atoms with E-state index in [2.05, 4.69) is 298 Å². The van der Waals surface area contributed by atoms with E-state index in [1.54, 1.807) is 0 Å². The molecule has 0 atom stereocenters. The molecule has 486 valence electrons. The monoisotopic (exact) mass is 1210 g/mol. The van der Waals surface area contributed by atoms with Crippen molar-refractivity contribution in [2.24, 2.45) is 0 Å². The van der Waals surface area contributed by atoms with E-state index in [0.29, 0.717) is 71.0 Å². The first-order valence-corrected chi connectivity index (χ1v) is 35.3.